The number of nitrogens with zero attached hydrogens (tertiary/aromatic N) is 1. The standard InChI is InChI=1S/C11H11NO4/c1-14-8-3-4-9(11(13)15-2)10(7-8)16-6-5-12/h3-4,7H,6H2,1-2H3. The molecular formula is C11H11NO4. The molecule has 0 unspecified atom stereocenters. The summed E-state index contributed by atoms with van der Waals surface area (Å²) < 4.78 is 14.7. The molecule has 0 amide bonds. The first-order valence-electron chi connectivity index (χ1n) is 4.49. The van der Waals surface area contributed by atoms with Gasteiger partial charge in [-0.2, -0.15) is 5.26 Å². The van der Waals surface area contributed by atoms with E-state index in [1.807, 2.05) is 6.07 Å². The van der Waals surface area contributed by atoms with E-state index in [0.29, 0.717) is 5.75 Å². The third-order valence-corrected chi connectivity index (χ3v) is 1.89. The lowest BCUT2D eigenvalue weighted by Gasteiger charge is -2.09. The summed E-state index contributed by atoms with van der Waals surface area (Å²) in [5.74, 6) is 0.295. The maximum absolute atomic E-state index is 11.4. The first-order chi connectivity index (χ1) is 7.72. The fourth-order valence-electron chi connectivity index (χ4n) is 1.14. The van der Waals surface area contributed by atoms with Crippen LogP contribution in [0.4, 0.5) is 0 Å². The van der Waals surface area contributed by atoms with Crippen molar-refractivity contribution in [2.45, 2.75) is 0 Å². The molecule has 16 heavy (non-hydrogen) atoms. The Morgan fingerprint density at radius 2 is 2.19 bits per heavy atom. The predicted molar refractivity (Wildman–Crippen MR) is 55.4 cm³/mol. The van der Waals surface area contributed by atoms with Crippen molar-refractivity contribution in [2.75, 3.05) is 20.8 Å². The largest absolute Gasteiger partial charge is 0.497 e. The van der Waals surface area contributed by atoms with Crippen LogP contribution < -0.4 is 9.47 Å². The summed E-state index contributed by atoms with van der Waals surface area (Å²) in [6, 6.07) is 6.50. The van der Waals surface area contributed by atoms with Crippen molar-refractivity contribution in [2.24, 2.45) is 0 Å². The Balaban J connectivity index is 3.06. The highest BCUT2D eigenvalue weighted by Gasteiger charge is 2.13. The van der Waals surface area contributed by atoms with Gasteiger partial charge < -0.3 is 14.2 Å². The van der Waals surface area contributed by atoms with Gasteiger partial charge in [-0.1, -0.05) is 0 Å². The molecule has 0 N–H and O–H groups in total. The quantitative estimate of drug-likeness (QED) is 0.718. The third kappa shape index (κ3) is 2.64. The number of esters is 1. The number of hydrogen-bond donors (Lipinski definition) is 0. The number of benzene rings is 1. The average Bonchev–Trinajstić information content (AvgIpc) is 2.34. The van der Waals surface area contributed by atoms with Crippen LogP contribution in [-0.2, 0) is 4.74 Å². The molecule has 0 heterocycles. The van der Waals surface area contributed by atoms with Gasteiger partial charge in [0, 0.05) is 6.07 Å². The summed E-state index contributed by atoms with van der Waals surface area (Å²) in [6.07, 6.45) is 0. The lowest BCUT2D eigenvalue weighted by Crippen LogP contribution is -2.06. The van der Waals surface area contributed by atoms with E-state index in [-0.39, 0.29) is 17.9 Å². The first kappa shape index (κ1) is 11.9. The minimum absolute atomic E-state index is 0.142. The molecule has 0 aliphatic heterocycles. The van der Waals surface area contributed by atoms with Gasteiger partial charge in [-0.25, -0.2) is 4.79 Å². The number of hydrogen-bond acceptors (Lipinski definition) is 5. The van der Waals surface area contributed by atoms with Gasteiger partial charge in [-0.05, 0) is 12.1 Å². The maximum atomic E-state index is 11.4. The Kier molecular flexibility index (Phi) is 4.16. The Morgan fingerprint density at radius 3 is 2.75 bits per heavy atom. The average molecular weight is 221 g/mol. The summed E-state index contributed by atoms with van der Waals surface area (Å²) in [4.78, 5) is 11.4. The van der Waals surface area contributed by atoms with Crippen LogP contribution in [0.5, 0.6) is 11.5 Å². The van der Waals surface area contributed by atoms with E-state index in [0.717, 1.165) is 0 Å². The van der Waals surface area contributed by atoms with E-state index in [9.17, 15) is 4.79 Å². The summed E-state index contributed by atoms with van der Waals surface area (Å²) in [7, 11) is 2.78. The Morgan fingerprint density at radius 1 is 1.44 bits per heavy atom. The third-order valence-electron chi connectivity index (χ3n) is 1.89. The Labute approximate surface area is 93.2 Å². The van der Waals surface area contributed by atoms with Crippen LogP contribution >= 0.6 is 0 Å². The highest BCUT2D eigenvalue weighted by atomic mass is 16.5. The molecule has 84 valence electrons. The molecule has 0 spiro atoms. The molecule has 0 saturated carbocycles. The molecule has 0 bridgehead atoms. The monoisotopic (exact) mass is 221 g/mol. The minimum Gasteiger partial charge on any atom is -0.497 e. The van der Waals surface area contributed by atoms with Gasteiger partial charge in [0.2, 0.25) is 0 Å². The van der Waals surface area contributed by atoms with Crippen molar-refractivity contribution >= 4 is 5.97 Å². The van der Waals surface area contributed by atoms with Gasteiger partial charge in [-0.3, -0.25) is 0 Å². The molecule has 0 saturated heterocycles. The minimum atomic E-state index is -0.518. The normalized spacial score (nSPS) is 9.06. The van der Waals surface area contributed by atoms with Crippen molar-refractivity contribution in [3.8, 4) is 17.6 Å². The molecule has 0 radical (unpaired) electrons. The van der Waals surface area contributed by atoms with Crippen molar-refractivity contribution in [3.05, 3.63) is 23.8 Å². The molecule has 0 atom stereocenters. The van der Waals surface area contributed by atoms with Crippen LogP contribution in [0.25, 0.3) is 0 Å². The zero-order valence-corrected chi connectivity index (χ0v) is 9.02. The summed E-state index contributed by atoms with van der Waals surface area (Å²) >= 11 is 0. The van der Waals surface area contributed by atoms with Crippen molar-refractivity contribution in [1.29, 1.82) is 5.26 Å². The summed E-state index contributed by atoms with van der Waals surface area (Å²) in [5.41, 5.74) is 0.263. The van der Waals surface area contributed by atoms with Crippen molar-refractivity contribution < 1.29 is 19.0 Å². The molecular weight excluding hydrogens is 210 g/mol. The fourth-order valence-corrected chi connectivity index (χ4v) is 1.14. The lowest BCUT2D eigenvalue weighted by molar-refractivity contribution is 0.0596. The number of methoxy groups -OCH3 is 2. The SMILES string of the molecule is COC(=O)c1ccc(OC)cc1OCC#N. The number of nitriles is 1. The van der Waals surface area contributed by atoms with E-state index in [1.54, 1.807) is 6.07 Å². The highest BCUT2D eigenvalue weighted by Crippen LogP contribution is 2.25. The number of carbonyl (C=O) groups excluding carboxylic acids is 1. The first-order valence-corrected chi connectivity index (χ1v) is 4.49. The van der Waals surface area contributed by atoms with Crippen LogP contribution in [0.15, 0.2) is 18.2 Å². The van der Waals surface area contributed by atoms with Gasteiger partial charge in [0.25, 0.3) is 0 Å². The van der Waals surface area contributed by atoms with Crippen LogP contribution in [0, 0.1) is 11.3 Å². The van der Waals surface area contributed by atoms with E-state index < -0.39 is 5.97 Å². The van der Waals surface area contributed by atoms with E-state index in [1.165, 1.54) is 26.4 Å². The zero-order chi connectivity index (χ0) is 12.0. The molecule has 0 aromatic heterocycles. The molecule has 1 rings (SSSR count). The number of carbonyl (C=O) groups is 1. The molecule has 0 aliphatic rings. The van der Waals surface area contributed by atoms with E-state index in [4.69, 9.17) is 14.7 Å². The maximum Gasteiger partial charge on any atom is 0.341 e. The topological polar surface area (TPSA) is 68.6 Å². The number of ether oxygens (including phenoxy) is 3. The molecule has 5 nitrogen and oxygen atoms in total. The second-order valence-electron chi connectivity index (χ2n) is 2.80. The summed E-state index contributed by atoms with van der Waals surface area (Å²) in [5, 5.41) is 8.42. The predicted octanol–water partition coefficient (Wildman–Crippen LogP) is 1.38. The van der Waals surface area contributed by atoms with Crippen molar-refractivity contribution in [1.82, 2.24) is 0 Å². The van der Waals surface area contributed by atoms with Gasteiger partial charge in [-0.15, -0.1) is 0 Å². The van der Waals surface area contributed by atoms with Crippen LogP contribution in [-0.4, -0.2) is 26.8 Å². The zero-order valence-electron chi connectivity index (χ0n) is 9.02. The molecule has 0 fully saturated rings. The van der Waals surface area contributed by atoms with Crippen LogP contribution in [0.2, 0.25) is 0 Å². The van der Waals surface area contributed by atoms with E-state index >= 15 is 0 Å². The van der Waals surface area contributed by atoms with Gasteiger partial charge in [0.1, 0.15) is 23.1 Å². The Bertz CT molecular complexity index is 422. The fraction of sp³-hybridized carbons (Fsp3) is 0.273. The van der Waals surface area contributed by atoms with Gasteiger partial charge in [0.05, 0.1) is 14.2 Å². The molecule has 0 aliphatic carbocycles. The van der Waals surface area contributed by atoms with Crippen LogP contribution in [0.1, 0.15) is 10.4 Å². The van der Waals surface area contributed by atoms with Crippen LogP contribution in [0.3, 0.4) is 0 Å². The molecule has 1 aromatic rings. The highest BCUT2D eigenvalue weighted by molar-refractivity contribution is 5.92. The second-order valence-corrected chi connectivity index (χ2v) is 2.80. The number of rotatable bonds is 4. The molecule has 5 heteroatoms. The summed E-state index contributed by atoms with van der Waals surface area (Å²) in [6.45, 7) is -0.142. The van der Waals surface area contributed by atoms with Gasteiger partial charge in [0.15, 0.2) is 6.61 Å². The van der Waals surface area contributed by atoms with Crippen molar-refractivity contribution in [3.63, 3.8) is 0 Å². The van der Waals surface area contributed by atoms with E-state index in [2.05, 4.69) is 4.74 Å². The second kappa shape index (κ2) is 5.61. The lowest BCUT2D eigenvalue weighted by atomic mass is 10.2. The Hall–Kier alpha value is -2.22. The molecule has 1 aromatic carbocycles. The van der Waals surface area contributed by atoms with Gasteiger partial charge >= 0.3 is 5.97 Å². The smallest absolute Gasteiger partial charge is 0.341 e.